The summed E-state index contributed by atoms with van der Waals surface area (Å²) in [4.78, 5) is 0. The van der Waals surface area contributed by atoms with Gasteiger partial charge in [-0.3, -0.25) is 0 Å². The Morgan fingerprint density at radius 3 is 1.33 bits per heavy atom. The first-order valence-corrected chi connectivity index (χ1v) is 7.08. The quantitative estimate of drug-likeness (QED) is 0.452. The van der Waals surface area contributed by atoms with Crippen molar-refractivity contribution >= 4 is 32.9 Å². The SMILES string of the molecule is c1ccc2cc([N]c3ccc4ccccc4c3)ccc2c1. The lowest BCUT2D eigenvalue weighted by molar-refractivity contribution is 1.20. The van der Waals surface area contributed by atoms with Crippen LogP contribution >= 0.6 is 0 Å². The van der Waals surface area contributed by atoms with Crippen molar-refractivity contribution in [3.05, 3.63) is 84.9 Å². The minimum atomic E-state index is 0.990. The second-order valence-electron chi connectivity index (χ2n) is 5.17. The van der Waals surface area contributed by atoms with Crippen LogP contribution in [0.2, 0.25) is 0 Å². The molecule has 4 aromatic carbocycles. The first-order chi connectivity index (χ1) is 10.4. The van der Waals surface area contributed by atoms with Crippen molar-refractivity contribution in [2.75, 3.05) is 0 Å². The number of benzene rings is 4. The third-order valence-corrected chi connectivity index (χ3v) is 3.72. The Bertz CT molecular complexity index is 847. The molecule has 0 atom stereocenters. The van der Waals surface area contributed by atoms with Crippen LogP contribution in [0.5, 0.6) is 0 Å². The summed E-state index contributed by atoms with van der Waals surface area (Å²) >= 11 is 0. The molecule has 1 nitrogen and oxygen atoms in total. The van der Waals surface area contributed by atoms with E-state index in [0.29, 0.717) is 0 Å². The van der Waals surface area contributed by atoms with Crippen molar-refractivity contribution in [3.63, 3.8) is 0 Å². The Hall–Kier alpha value is -2.80. The summed E-state index contributed by atoms with van der Waals surface area (Å²) in [5, 5.41) is 9.68. The van der Waals surface area contributed by atoms with Crippen molar-refractivity contribution < 1.29 is 0 Å². The molecule has 0 aliphatic heterocycles. The van der Waals surface area contributed by atoms with Crippen molar-refractivity contribution in [1.29, 1.82) is 0 Å². The Morgan fingerprint density at radius 1 is 0.429 bits per heavy atom. The van der Waals surface area contributed by atoms with Crippen LogP contribution in [0.4, 0.5) is 11.4 Å². The van der Waals surface area contributed by atoms with E-state index in [-0.39, 0.29) is 0 Å². The molecule has 0 heterocycles. The highest BCUT2D eigenvalue weighted by Crippen LogP contribution is 2.25. The third kappa shape index (κ3) is 2.34. The topological polar surface area (TPSA) is 14.1 Å². The molecule has 0 amide bonds. The third-order valence-electron chi connectivity index (χ3n) is 3.72. The van der Waals surface area contributed by atoms with E-state index in [9.17, 15) is 0 Å². The zero-order valence-electron chi connectivity index (χ0n) is 11.5. The first kappa shape index (κ1) is 12.0. The van der Waals surface area contributed by atoms with Gasteiger partial charge in [-0.1, -0.05) is 60.7 Å². The van der Waals surface area contributed by atoms with Gasteiger partial charge in [-0.25, -0.2) is 5.32 Å². The zero-order chi connectivity index (χ0) is 14.1. The summed E-state index contributed by atoms with van der Waals surface area (Å²) < 4.78 is 0. The molecule has 0 N–H and O–H groups in total. The molecule has 99 valence electrons. The van der Waals surface area contributed by atoms with E-state index in [1.54, 1.807) is 0 Å². The molecule has 0 aliphatic carbocycles. The molecule has 0 spiro atoms. The molecular formula is C20H14N. The van der Waals surface area contributed by atoms with Crippen LogP contribution in [0.1, 0.15) is 0 Å². The Morgan fingerprint density at radius 2 is 0.857 bits per heavy atom. The molecule has 4 rings (SSSR count). The summed E-state index contributed by atoms with van der Waals surface area (Å²) in [5.74, 6) is 0. The van der Waals surface area contributed by atoms with Crippen LogP contribution < -0.4 is 5.32 Å². The summed E-state index contributed by atoms with van der Waals surface area (Å²) in [6, 6.07) is 29.3. The lowest BCUT2D eigenvalue weighted by Gasteiger charge is -2.06. The van der Waals surface area contributed by atoms with Crippen LogP contribution in [-0.2, 0) is 0 Å². The highest BCUT2D eigenvalue weighted by molar-refractivity contribution is 5.87. The molecule has 0 aromatic heterocycles. The number of rotatable bonds is 2. The van der Waals surface area contributed by atoms with Crippen molar-refractivity contribution in [3.8, 4) is 0 Å². The monoisotopic (exact) mass is 268 g/mol. The van der Waals surface area contributed by atoms with E-state index in [2.05, 4.69) is 84.9 Å². The molecule has 1 radical (unpaired) electrons. The normalized spacial score (nSPS) is 10.9. The average Bonchev–Trinajstić information content (AvgIpc) is 2.55. The molecule has 0 saturated carbocycles. The maximum Gasteiger partial charge on any atom is 0.0643 e. The molecule has 21 heavy (non-hydrogen) atoms. The van der Waals surface area contributed by atoms with Crippen molar-refractivity contribution in [2.24, 2.45) is 0 Å². The van der Waals surface area contributed by atoms with Crippen LogP contribution in [0, 0.1) is 0 Å². The van der Waals surface area contributed by atoms with Gasteiger partial charge in [-0.15, -0.1) is 0 Å². The lowest BCUT2D eigenvalue weighted by atomic mass is 10.1. The summed E-state index contributed by atoms with van der Waals surface area (Å²) in [7, 11) is 0. The van der Waals surface area contributed by atoms with E-state index in [1.165, 1.54) is 21.5 Å². The fourth-order valence-electron chi connectivity index (χ4n) is 2.64. The summed E-state index contributed by atoms with van der Waals surface area (Å²) in [5.41, 5.74) is 1.98. The van der Waals surface area contributed by atoms with Gasteiger partial charge in [0.1, 0.15) is 0 Å². The number of hydrogen-bond donors (Lipinski definition) is 0. The van der Waals surface area contributed by atoms with Crippen LogP contribution in [0.3, 0.4) is 0 Å². The molecule has 0 fully saturated rings. The van der Waals surface area contributed by atoms with Gasteiger partial charge in [-0.05, 0) is 45.8 Å². The molecule has 4 aromatic rings. The molecular weight excluding hydrogens is 254 g/mol. The molecule has 1 heteroatoms. The van der Waals surface area contributed by atoms with Gasteiger partial charge in [0, 0.05) is 0 Å². The van der Waals surface area contributed by atoms with Gasteiger partial charge in [0.15, 0.2) is 0 Å². The van der Waals surface area contributed by atoms with Crippen LogP contribution in [-0.4, -0.2) is 0 Å². The standard InChI is InChI=1S/C20H14N/c1-3-7-17-13-19(11-9-15(17)5-1)21-20-12-10-16-6-2-4-8-18(16)14-20/h1-14H. The second kappa shape index (κ2) is 4.95. The smallest absolute Gasteiger partial charge is 0.0643 e. The van der Waals surface area contributed by atoms with Gasteiger partial charge in [-0.2, -0.15) is 0 Å². The van der Waals surface area contributed by atoms with E-state index in [0.717, 1.165) is 11.4 Å². The number of hydrogen-bond acceptors (Lipinski definition) is 0. The summed E-state index contributed by atoms with van der Waals surface area (Å²) in [6.45, 7) is 0. The Labute approximate surface area is 123 Å². The number of nitrogens with zero attached hydrogens (tertiary/aromatic N) is 1. The van der Waals surface area contributed by atoms with Crippen LogP contribution in [0.15, 0.2) is 84.9 Å². The highest BCUT2D eigenvalue weighted by Gasteiger charge is 2.00. The van der Waals surface area contributed by atoms with Crippen molar-refractivity contribution in [1.82, 2.24) is 5.32 Å². The van der Waals surface area contributed by atoms with E-state index < -0.39 is 0 Å². The maximum atomic E-state index is 4.74. The minimum Gasteiger partial charge on any atom is -0.249 e. The second-order valence-corrected chi connectivity index (χ2v) is 5.17. The summed E-state index contributed by atoms with van der Waals surface area (Å²) in [6.07, 6.45) is 0. The van der Waals surface area contributed by atoms with Gasteiger partial charge in [0.25, 0.3) is 0 Å². The Kier molecular flexibility index (Phi) is 2.82. The fraction of sp³-hybridized carbons (Fsp3) is 0. The molecule has 0 unspecified atom stereocenters. The fourth-order valence-corrected chi connectivity index (χ4v) is 2.64. The van der Waals surface area contributed by atoms with E-state index in [1.807, 2.05) is 0 Å². The van der Waals surface area contributed by atoms with Crippen molar-refractivity contribution in [2.45, 2.75) is 0 Å². The molecule has 0 saturated heterocycles. The molecule has 0 bridgehead atoms. The Balaban J connectivity index is 1.71. The largest absolute Gasteiger partial charge is 0.249 e. The first-order valence-electron chi connectivity index (χ1n) is 7.08. The highest BCUT2D eigenvalue weighted by atomic mass is 14.9. The molecule has 0 aliphatic rings. The lowest BCUT2D eigenvalue weighted by Crippen LogP contribution is -1.88. The van der Waals surface area contributed by atoms with Gasteiger partial charge < -0.3 is 0 Å². The minimum absolute atomic E-state index is 0.990. The van der Waals surface area contributed by atoms with Gasteiger partial charge >= 0.3 is 0 Å². The van der Waals surface area contributed by atoms with Gasteiger partial charge in [0.05, 0.1) is 11.4 Å². The predicted octanol–water partition coefficient (Wildman–Crippen LogP) is 5.56. The predicted molar refractivity (Wildman–Crippen MR) is 89.4 cm³/mol. The van der Waals surface area contributed by atoms with E-state index in [4.69, 9.17) is 5.32 Å². The van der Waals surface area contributed by atoms with E-state index >= 15 is 0 Å². The van der Waals surface area contributed by atoms with Gasteiger partial charge in [0.2, 0.25) is 0 Å². The maximum absolute atomic E-state index is 4.74. The zero-order valence-corrected chi connectivity index (χ0v) is 11.5. The number of fused-ring (bicyclic) bond motifs is 2. The average molecular weight is 268 g/mol. The van der Waals surface area contributed by atoms with Crippen LogP contribution in [0.25, 0.3) is 21.5 Å².